The molecule has 2 saturated heterocycles. The van der Waals surface area contributed by atoms with Crippen molar-refractivity contribution < 1.29 is 14.0 Å². The lowest BCUT2D eigenvalue weighted by Gasteiger charge is -2.36. The van der Waals surface area contributed by atoms with Crippen LogP contribution in [0.2, 0.25) is 0 Å². The first-order chi connectivity index (χ1) is 12.2. The number of hydrogen-bond donors (Lipinski definition) is 1. The van der Waals surface area contributed by atoms with E-state index in [9.17, 15) is 0 Å². The van der Waals surface area contributed by atoms with E-state index in [1.807, 2.05) is 52.0 Å². The fraction of sp³-hybridized carbons (Fsp3) is 0.579. The van der Waals surface area contributed by atoms with Crippen LogP contribution in [0.5, 0.6) is 0 Å². The van der Waals surface area contributed by atoms with Crippen LogP contribution in [-0.4, -0.2) is 50.0 Å². The lowest BCUT2D eigenvalue weighted by molar-refractivity contribution is -0.0944. The first-order valence-corrected chi connectivity index (χ1v) is 8.97. The fourth-order valence-corrected chi connectivity index (χ4v) is 2.87. The van der Waals surface area contributed by atoms with Gasteiger partial charge in [-0.25, -0.2) is 0 Å². The SMILES string of the molecule is CC1(CN=C/C(=N\N)c2ccc(B3OC(C)(C)C(C)(C)O3)cc2)COC1. The first-order valence-electron chi connectivity index (χ1n) is 8.97. The van der Waals surface area contributed by atoms with Crippen LogP contribution in [0.15, 0.2) is 34.4 Å². The van der Waals surface area contributed by atoms with Crippen LogP contribution in [0.4, 0.5) is 0 Å². The molecule has 1 aromatic rings. The van der Waals surface area contributed by atoms with Gasteiger partial charge in [0.2, 0.25) is 0 Å². The Morgan fingerprint density at radius 1 is 1.08 bits per heavy atom. The van der Waals surface area contributed by atoms with E-state index < -0.39 is 0 Å². The standard InChI is InChI=1S/C19H28BN3O3/c1-17(2)18(3,4)26-20(25-17)15-8-6-14(7-9-15)16(23-21)10-22-11-19(5)12-24-13-19/h6-10H,11-13,21H2,1-5H3/b22-10?,23-16+. The van der Waals surface area contributed by atoms with Gasteiger partial charge in [-0.1, -0.05) is 31.2 Å². The van der Waals surface area contributed by atoms with E-state index in [1.54, 1.807) is 6.21 Å². The topological polar surface area (TPSA) is 78.4 Å². The zero-order valence-corrected chi connectivity index (χ0v) is 16.3. The minimum absolute atomic E-state index is 0.136. The van der Waals surface area contributed by atoms with E-state index in [0.717, 1.165) is 24.2 Å². The zero-order valence-electron chi connectivity index (χ0n) is 16.3. The fourth-order valence-electron chi connectivity index (χ4n) is 2.87. The summed E-state index contributed by atoms with van der Waals surface area (Å²) in [7, 11) is -0.375. The largest absolute Gasteiger partial charge is 0.494 e. The van der Waals surface area contributed by atoms with Gasteiger partial charge in [0.1, 0.15) is 5.71 Å². The Morgan fingerprint density at radius 2 is 1.65 bits per heavy atom. The molecule has 2 aliphatic rings. The quantitative estimate of drug-likeness (QED) is 0.377. The van der Waals surface area contributed by atoms with Crippen LogP contribution >= 0.6 is 0 Å². The lowest BCUT2D eigenvalue weighted by Crippen LogP contribution is -2.42. The molecule has 0 amide bonds. The highest BCUT2D eigenvalue weighted by Gasteiger charge is 2.51. The monoisotopic (exact) mass is 357 g/mol. The second-order valence-electron chi connectivity index (χ2n) is 8.50. The molecular formula is C19H28BN3O3. The van der Waals surface area contributed by atoms with Crippen molar-refractivity contribution in [2.45, 2.75) is 45.8 Å². The van der Waals surface area contributed by atoms with Crippen molar-refractivity contribution >= 4 is 24.5 Å². The summed E-state index contributed by atoms with van der Waals surface area (Å²) in [5.41, 5.74) is 1.96. The summed E-state index contributed by atoms with van der Waals surface area (Å²) in [6.45, 7) is 12.6. The molecule has 2 fully saturated rings. The van der Waals surface area contributed by atoms with Crippen molar-refractivity contribution in [3.05, 3.63) is 29.8 Å². The molecular weight excluding hydrogens is 329 g/mol. The lowest BCUT2D eigenvalue weighted by atomic mass is 9.78. The predicted octanol–water partition coefficient (Wildman–Crippen LogP) is 1.76. The summed E-state index contributed by atoms with van der Waals surface area (Å²) in [6.07, 6.45) is 1.73. The van der Waals surface area contributed by atoms with Crippen molar-refractivity contribution in [1.82, 2.24) is 0 Å². The molecule has 2 heterocycles. The van der Waals surface area contributed by atoms with E-state index in [2.05, 4.69) is 17.0 Å². The van der Waals surface area contributed by atoms with Gasteiger partial charge >= 0.3 is 7.12 Å². The van der Waals surface area contributed by atoms with Gasteiger partial charge in [0.25, 0.3) is 0 Å². The highest BCUT2D eigenvalue weighted by atomic mass is 16.7. The molecule has 0 bridgehead atoms. The third-order valence-corrected chi connectivity index (χ3v) is 5.46. The summed E-state index contributed by atoms with van der Waals surface area (Å²) in [4.78, 5) is 4.49. The second kappa shape index (κ2) is 6.80. The maximum Gasteiger partial charge on any atom is 0.494 e. The molecule has 0 aromatic heterocycles. The molecule has 0 saturated carbocycles. The molecule has 0 unspecified atom stereocenters. The Labute approximate surface area is 155 Å². The average molecular weight is 357 g/mol. The normalized spacial score (nSPS) is 24.0. The molecule has 0 radical (unpaired) electrons. The summed E-state index contributed by atoms with van der Waals surface area (Å²) in [5.74, 6) is 5.56. The Balaban J connectivity index is 1.68. The molecule has 3 rings (SSSR count). The number of benzene rings is 1. The second-order valence-corrected chi connectivity index (χ2v) is 8.50. The van der Waals surface area contributed by atoms with E-state index in [4.69, 9.17) is 19.9 Å². The maximum atomic E-state index is 6.08. The molecule has 1 aromatic carbocycles. The molecule has 0 atom stereocenters. The van der Waals surface area contributed by atoms with Crippen molar-refractivity contribution in [3.63, 3.8) is 0 Å². The van der Waals surface area contributed by atoms with Gasteiger partial charge in [-0.3, -0.25) is 4.99 Å². The van der Waals surface area contributed by atoms with Gasteiger partial charge in [-0.05, 0) is 33.2 Å². The van der Waals surface area contributed by atoms with Gasteiger partial charge < -0.3 is 19.9 Å². The maximum absolute atomic E-state index is 6.08. The van der Waals surface area contributed by atoms with E-state index in [0.29, 0.717) is 12.3 Å². The smallest absolute Gasteiger partial charge is 0.399 e. The van der Waals surface area contributed by atoms with Gasteiger partial charge in [-0.15, -0.1) is 0 Å². The van der Waals surface area contributed by atoms with Crippen LogP contribution in [0, 0.1) is 5.41 Å². The summed E-state index contributed by atoms with van der Waals surface area (Å²) in [6, 6.07) is 7.90. The van der Waals surface area contributed by atoms with Gasteiger partial charge in [-0.2, -0.15) is 5.10 Å². The van der Waals surface area contributed by atoms with Gasteiger partial charge in [0.05, 0.1) is 24.4 Å². The number of hydrogen-bond acceptors (Lipinski definition) is 6. The molecule has 6 nitrogen and oxygen atoms in total. The predicted molar refractivity (Wildman–Crippen MR) is 105 cm³/mol. The minimum atomic E-state index is -0.375. The highest BCUT2D eigenvalue weighted by molar-refractivity contribution is 6.62. The Morgan fingerprint density at radius 3 is 2.12 bits per heavy atom. The highest BCUT2D eigenvalue weighted by Crippen LogP contribution is 2.36. The van der Waals surface area contributed by atoms with Crippen molar-refractivity contribution in [2.75, 3.05) is 19.8 Å². The van der Waals surface area contributed by atoms with Gasteiger partial charge in [0, 0.05) is 23.7 Å². The minimum Gasteiger partial charge on any atom is -0.399 e. The summed E-state index contributed by atoms with van der Waals surface area (Å²) in [5, 5.41) is 3.87. The Bertz CT molecular complexity index is 693. The number of aliphatic imine (C=N–C) groups is 1. The number of nitrogens with zero attached hydrogens (tertiary/aromatic N) is 2. The average Bonchev–Trinajstić information content (AvgIpc) is 2.78. The van der Waals surface area contributed by atoms with E-state index in [-0.39, 0.29) is 23.7 Å². The van der Waals surface area contributed by atoms with Crippen LogP contribution in [0.3, 0.4) is 0 Å². The third-order valence-electron chi connectivity index (χ3n) is 5.46. The first kappa shape index (κ1) is 19.1. The van der Waals surface area contributed by atoms with Crippen molar-refractivity contribution in [1.29, 1.82) is 0 Å². The number of nitrogens with two attached hydrogens (primary N) is 1. The molecule has 26 heavy (non-hydrogen) atoms. The number of rotatable bonds is 5. The Hall–Kier alpha value is -1.70. The molecule has 0 aliphatic carbocycles. The van der Waals surface area contributed by atoms with Crippen LogP contribution in [0.25, 0.3) is 0 Å². The zero-order chi connectivity index (χ0) is 19.0. The molecule has 2 N–H and O–H groups in total. The van der Waals surface area contributed by atoms with Gasteiger partial charge in [0.15, 0.2) is 0 Å². The van der Waals surface area contributed by atoms with Crippen LogP contribution < -0.4 is 11.3 Å². The number of ether oxygens (including phenoxy) is 1. The molecule has 2 aliphatic heterocycles. The molecule has 7 heteroatoms. The van der Waals surface area contributed by atoms with Crippen LogP contribution in [0.1, 0.15) is 40.2 Å². The van der Waals surface area contributed by atoms with E-state index >= 15 is 0 Å². The Kier molecular flexibility index (Phi) is 4.99. The summed E-state index contributed by atoms with van der Waals surface area (Å²) < 4.78 is 17.4. The third kappa shape index (κ3) is 3.70. The molecule has 140 valence electrons. The number of hydrazone groups is 1. The van der Waals surface area contributed by atoms with Crippen LogP contribution in [-0.2, 0) is 14.0 Å². The van der Waals surface area contributed by atoms with Crippen molar-refractivity contribution in [2.24, 2.45) is 21.4 Å². The molecule has 0 spiro atoms. The van der Waals surface area contributed by atoms with E-state index in [1.165, 1.54) is 0 Å². The summed E-state index contributed by atoms with van der Waals surface area (Å²) >= 11 is 0. The van der Waals surface area contributed by atoms with Crippen molar-refractivity contribution in [3.8, 4) is 0 Å².